The van der Waals surface area contributed by atoms with Gasteiger partial charge in [-0.3, -0.25) is 4.79 Å². The second-order valence-corrected chi connectivity index (χ2v) is 5.20. The average molecular weight is 227 g/mol. The van der Waals surface area contributed by atoms with Crippen molar-refractivity contribution in [2.24, 2.45) is 11.3 Å². The Morgan fingerprint density at radius 2 is 2.00 bits per heavy atom. The molecule has 0 spiro atoms. The molecule has 0 aromatic rings. The second kappa shape index (κ2) is 6.24. The van der Waals surface area contributed by atoms with E-state index in [1.54, 1.807) is 0 Å². The molecule has 0 atom stereocenters. The van der Waals surface area contributed by atoms with Crippen LogP contribution in [0.4, 0.5) is 0 Å². The van der Waals surface area contributed by atoms with Crippen LogP contribution in [0.15, 0.2) is 0 Å². The van der Waals surface area contributed by atoms with Crippen LogP contribution in [-0.4, -0.2) is 25.7 Å². The van der Waals surface area contributed by atoms with Gasteiger partial charge in [0.25, 0.3) is 0 Å². The summed E-state index contributed by atoms with van der Waals surface area (Å²) >= 11 is 0. The molecule has 0 amide bonds. The van der Waals surface area contributed by atoms with E-state index in [1.807, 2.05) is 0 Å². The predicted octanol–water partition coefficient (Wildman–Crippen LogP) is 2.36. The van der Waals surface area contributed by atoms with Crippen LogP contribution in [0, 0.1) is 11.3 Å². The Morgan fingerprint density at radius 3 is 2.50 bits per heavy atom. The Kier molecular flexibility index (Phi) is 5.26. The van der Waals surface area contributed by atoms with Gasteiger partial charge in [-0.15, -0.1) is 0 Å². The fourth-order valence-electron chi connectivity index (χ4n) is 2.15. The summed E-state index contributed by atoms with van der Waals surface area (Å²) < 4.78 is 5.42. The van der Waals surface area contributed by atoms with E-state index in [1.165, 1.54) is 0 Å². The van der Waals surface area contributed by atoms with Gasteiger partial charge in [-0.05, 0) is 44.7 Å². The van der Waals surface area contributed by atoms with Crippen LogP contribution in [0.3, 0.4) is 0 Å². The van der Waals surface area contributed by atoms with Crippen LogP contribution in [-0.2, 0) is 9.53 Å². The van der Waals surface area contributed by atoms with Crippen molar-refractivity contribution in [1.29, 1.82) is 0 Å². The van der Waals surface area contributed by atoms with Gasteiger partial charge in [-0.25, -0.2) is 0 Å². The number of rotatable bonds is 5. The molecule has 0 saturated carbocycles. The molecule has 1 aliphatic rings. The molecule has 94 valence electrons. The summed E-state index contributed by atoms with van der Waals surface area (Å²) in [6.07, 6.45) is 3.70. The molecule has 1 aliphatic heterocycles. The van der Waals surface area contributed by atoms with Crippen LogP contribution in [0.5, 0.6) is 0 Å². The molecule has 0 radical (unpaired) electrons. The summed E-state index contributed by atoms with van der Waals surface area (Å²) in [6, 6.07) is 0. The Hall–Kier alpha value is -0.570. The monoisotopic (exact) mass is 227 g/mol. The smallest absolute Gasteiger partial charge is 0.312 e. The van der Waals surface area contributed by atoms with Gasteiger partial charge in [0.1, 0.15) is 0 Å². The molecule has 1 rings (SSSR count). The summed E-state index contributed by atoms with van der Waals surface area (Å²) in [5.41, 5.74) is -0.206. The molecule has 1 N–H and O–H groups in total. The Labute approximate surface area is 98.9 Å². The third kappa shape index (κ3) is 3.48. The van der Waals surface area contributed by atoms with Gasteiger partial charge in [0.05, 0.1) is 12.0 Å². The van der Waals surface area contributed by atoms with Crippen LogP contribution in [0.1, 0.15) is 46.5 Å². The van der Waals surface area contributed by atoms with Crippen molar-refractivity contribution in [3.05, 3.63) is 0 Å². The van der Waals surface area contributed by atoms with E-state index in [9.17, 15) is 4.79 Å². The maximum Gasteiger partial charge on any atom is 0.312 e. The summed E-state index contributed by atoms with van der Waals surface area (Å²) in [4.78, 5) is 12.1. The maximum atomic E-state index is 12.1. The Bertz CT molecular complexity index is 220. The van der Waals surface area contributed by atoms with E-state index in [0.29, 0.717) is 12.5 Å². The highest BCUT2D eigenvalue weighted by Crippen LogP contribution is 2.33. The number of esters is 1. The number of carbonyl (C=O) groups is 1. The molecule has 3 heteroatoms. The number of hydrogen-bond acceptors (Lipinski definition) is 3. The molecule has 0 unspecified atom stereocenters. The standard InChI is InChI=1S/C13H25NO2/c1-4-13(6-8-14-9-7-13)12(15)16-10-5-11(2)3/h11,14H,4-10H2,1-3H3. The van der Waals surface area contributed by atoms with Gasteiger partial charge in [-0.1, -0.05) is 20.8 Å². The summed E-state index contributed by atoms with van der Waals surface area (Å²) in [5.74, 6) is 0.621. The van der Waals surface area contributed by atoms with E-state index in [4.69, 9.17) is 4.74 Å². The highest BCUT2D eigenvalue weighted by atomic mass is 16.5. The minimum absolute atomic E-state index is 0.0251. The van der Waals surface area contributed by atoms with Crippen molar-refractivity contribution in [2.75, 3.05) is 19.7 Å². The van der Waals surface area contributed by atoms with Crippen molar-refractivity contribution in [1.82, 2.24) is 5.32 Å². The fraction of sp³-hybridized carbons (Fsp3) is 0.923. The number of nitrogens with one attached hydrogen (secondary N) is 1. The zero-order chi connectivity index (χ0) is 12.0. The van der Waals surface area contributed by atoms with Crippen LogP contribution in [0.2, 0.25) is 0 Å². The minimum Gasteiger partial charge on any atom is -0.465 e. The Balaban J connectivity index is 2.42. The van der Waals surface area contributed by atoms with Gasteiger partial charge < -0.3 is 10.1 Å². The third-order valence-corrected chi connectivity index (χ3v) is 3.60. The summed E-state index contributed by atoms with van der Waals surface area (Å²) in [7, 11) is 0. The molecular weight excluding hydrogens is 202 g/mol. The second-order valence-electron chi connectivity index (χ2n) is 5.20. The fourth-order valence-corrected chi connectivity index (χ4v) is 2.15. The summed E-state index contributed by atoms with van der Waals surface area (Å²) in [5, 5.41) is 3.30. The van der Waals surface area contributed by atoms with Crippen molar-refractivity contribution in [3.8, 4) is 0 Å². The van der Waals surface area contributed by atoms with Gasteiger partial charge in [0.15, 0.2) is 0 Å². The zero-order valence-corrected chi connectivity index (χ0v) is 10.8. The number of hydrogen-bond donors (Lipinski definition) is 1. The lowest BCUT2D eigenvalue weighted by molar-refractivity contribution is -0.158. The van der Waals surface area contributed by atoms with Crippen molar-refractivity contribution in [2.45, 2.75) is 46.5 Å². The molecule has 1 heterocycles. The van der Waals surface area contributed by atoms with Crippen molar-refractivity contribution < 1.29 is 9.53 Å². The lowest BCUT2D eigenvalue weighted by atomic mass is 9.77. The number of carbonyl (C=O) groups excluding carboxylic acids is 1. The lowest BCUT2D eigenvalue weighted by Crippen LogP contribution is -2.42. The molecule has 0 bridgehead atoms. The largest absolute Gasteiger partial charge is 0.465 e. The molecule has 3 nitrogen and oxygen atoms in total. The van der Waals surface area contributed by atoms with E-state index >= 15 is 0 Å². The first-order chi connectivity index (χ1) is 7.60. The SMILES string of the molecule is CCC1(C(=O)OCCC(C)C)CCNCC1. The molecule has 1 fully saturated rings. The highest BCUT2D eigenvalue weighted by Gasteiger charge is 2.39. The highest BCUT2D eigenvalue weighted by molar-refractivity contribution is 5.77. The van der Waals surface area contributed by atoms with E-state index in [-0.39, 0.29) is 11.4 Å². The van der Waals surface area contributed by atoms with Gasteiger partial charge in [0, 0.05) is 0 Å². The molecule has 1 saturated heterocycles. The van der Waals surface area contributed by atoms with Crippen molar-refractivity contribution >= 4 is 5.97 Å². The Morgan fingerprint density at radius 1 is 1.38 bits per heavy atom. The van der Waals surface area contributed by atoms with Crippen LogP contribution >= 0.6 is 0 Å². The molecule has 16 heavy (non-hydrogen) atoms. The summed E-state index contributed by atoms with van der Waals surface area (Å²) in [6.45, 7) is 8.84. The zero-order valence-electron chi connectivity index (χ0n) is 10.8. The third-order valence-electron chi connectivity index (χ3n) is 3.60. The first kappa shape index (κ1) is 13.5. The maximum absolute atomic E-state index is 12.1. The minimum atomic E-state index is -0.206. The molecule has 0 aliphatic carbocycles. The first-order valence-electron chi connectivity index (χ1n) is 6.48. The van der Waals surface area contributed by atoms with Crippen LogP contribution < -0.4 is 5.32 Å². The van der Waals surface area contributed by atoms with Crippen molar-refractivity contribution in [3.63, 3.8) is 0 Å². The lowest BCUT2D eigenvalue weighted by Gasteiger charge is -2.34. The van der Waals surface area contributed by atoms with E-state index in [0.717, 1.165) is 38.8 Å². The molecule has 0 aromatic heterocycles. The van der Waals surface area contributed by atoms with E-state index in [2.05, 4.69) is 26.1 Å². The van der Waals surface area contributed by atoms with Gasteiger partial charge in [-0.2, -0.15) is 0 Å². The normalized spacial score (nSPS) is 19.8. The number of piperidine rings is 1. The first-order valence-corrected chi connectivity index (χ1v) is 6.48. The molecular formula is C13H25NO2. The quantitative estimate of drug-likeness (QED) is 0.733. The average Bonchev–Trinajstić information content (AvgIpc) is 2.29. The van der Waals surface area contributed by atoms with E-state index < -0.39 is 0 Å². The predicted molar refractivity (Wildman–Crippen MR) is 65.2 cm³/mol. The van der Waals surface area contributed by atoms with Gasteiger partial charge >= 0.3 is 5.97 Å². The number of ether oxygens (including phenoxy) is 1. The topological polar surface area (TPSA) is 38.3 Å². The van der Waals surface area contributed by atoms with Gasteiger partial charge in [0.2, 0.25) is 0 Å². The van der Waals surface area contributed by atoms with Crippen LogP contribution in [0.25, 0.3) is 0 Å². The molecule has 0 aromatic carbocycles.